The van der Waals surface area contributed by atoms with Gasteiger partial charge in [-0.2, -0.15) is 8.42 Å². The fraction of sp³-hybridized carbons (Fsp3) is 0.0526. The Kier molecular flexibility index (Phi) is 5.98. The number of phenols is 2. The molecule has 1 atom stereocenters. The van der Waals surface area contributed by atoms with Gasteiger partial charge in [0.25, 0.3) is 10.1 Å². The van der Waals surface area contributed by atoms with Crippen molar-refractivity contribution < 1.29 is 23.2 Å². The highest BCUT2D eigenvalue weighted by Gasteiger charge is 2.51. The smallest absolute Gasteiger partial charge is 0.283 e. The van der Waals surface area contributed by atoms with Gasteiger partial charge in [-0.3, -0.25) is 4.55 Å². The Morgan fingerprint density at radius 1 is 0.724 bits per heavy atom. The molecule has 0 saturated carbocycles. The summed E-state index contributed by atoms with van der Waals surface area (Å²) in [6.45, 7) is 0. The summed E-state index contributed by atoms with van der Waals surface area (Å²) in [5.41, 5.74) is -0.393. The fourth-order valence-electron chi connectivity index (χ4n) is 3.18. The van der Waals surface area contributed by atoms with Gasteiger partial charge in [0.15, 0.2) is 10.5 Å². The lowest BCUT2D eigenvalue weighted by molar-refractivity contribution is 0.455. The van der Waals surface area contributed by atoms with Crippen molar-refractivity contribution in [1.29, 1.82) is 0 Å². The molecule has 3 rings (SSSR count). The molecule has 0 radical (unpaired) electrons. The lowest BCUT2D eigenvalue weighted by Crippen LogP contribution is -2.39. The van der Waals surface area contributed by atoms with E-state index in [2.05, 4.69) is 0 Å². The molecule has 1 unspecified atom stereocenters. The number of phenolic OH excluding ortho intramolecular Hbond substituents is 2. The zero-order valence-corrected chi connectivity index (χ0v) is 18.1. The Bertz CT molecular complexity index is 1190. The topological polar surface area (TPSA) is 94.8 Å². The lowest BCUT2D eigenvalue weighted by atomic mass is 9.83. The van der Waals surface area contributed by atoms with E-state index in [9.17, 15) is 23.2 Å². The summed E-state index contributed by atoms with van der Waals surface area (Å²) in [6.07, 6.45) is 0. The Balaban J connectivity index is 2.63. The van der Waals surface area contributed by atoms with Crippen LogP contribution < -0.4 is 0 Å². The Morgan fingerprint density at radius 3 is 1.83 bits per heavy atom. The van der Waals surface area contributed by atoms with E-state index >= 15 is 0 Å². The van der Waals surface area contributed by atoms with E-state index in [4.69, 9.17) is 46.4 Å². The van der Waals surface area contributed by atoms with Crippen LogP contribution in [-0.2, 0) is 14.9 Å². The van der Waals surface area contributed by atoms with Gasteiger partial charge < -0.3 is 10.2 Å². The number of rotatable bonds is 4. The van der Waals surface area contributed by atoms with Gasteiger partial charge in [-0.05, 0) is 42.0 Å². The van der Waals surface area contributed by atoms with Crippen LogP contribution in [-0.4, -0.2) is 23.2 Å². The fourth-order valence-corrected chi connectivity index (χ4v) is 5.64. The average Bonchev–Trinajstić information content (AvgIpc) is 2.63. The molecule has 0 aliphatic carbocycles. The van der Waals surface area contributed by atoms with Gasteiger partial charge in [-0.1, -0.05) is 64.6 Å². The second-order valence-corrected chi connectivity index (χ2v) is 9.28. The molecular weight excluding hydrogens is 482 g/mol. The molecular formula is C19H12Cl4O5S. The molecule has 152 valence electrons. The van der Waals surface area contributed by atoms with Crippen LogP contribution in [0.3, 0.4) is 0 Å². The van der Waals surface area contributed by atoms with E-state index in [0.29, 0.717) is 0 Å². The second kappa shape index (κ2) is 7.87. The third-order valence-electron chi connectivity index (χ3n) is 4.39. The molecule has 0 aliphatic heterocycles. The standard InChI is InChI=1S/C19H12Cl4O5S/c20-14-4-2-1-3-12(14)19(29(26,27)28,13-9-11(24)5-6-15(13)21)10-7-16(22)18(25)17(23)8-10/h1-9,24-25H,(H,26,27,28). The maximum absolute atomic E-state index is 13.0. The zero-order chi connectivity index (χ0) is 21.6. The number of benzene rings is 3. The van der Waals surface area contributed by atoms with E-state index in [1.807, 2.05) is 0 Å². The van der Waals surface area contributed by atoms with Gasteiger partial charge in [0.2, 0.25) is 0 Å². The highest BCUT2D eigenvalue weighted by molar-refractivity contribution is 7.87. The second-order valence-electron chi connectivity index (χ2n) is 6.09. The molecule has 0 aromatic heterocycles. The van der Waals surface area contributed by atoms with E-state index in [0.717, 1.165) is 18.2 Å². The summed E-state index contributed by atoms with van der Waals surface area (Å²) in [6, 6.07) is 11.8. The Hall–Kier alpha value is -1.67. The minimum absolute atomic E-state index is 0.00939. The van der Waals surface area contributed by atoms with Crippen molar-refractivity contribution in [2.75, 3.05) is 0 Å². The number of hydrogen-bond acceptors (Lipinski definition) is 4. The average molecular weight is 494 g/mol. The first-order valence-electron chi connectivity index (χ1n) is 7.89. The Labute approximate surface area is 186 Å². The minimum atomic E-state index is -5.07. The van der Waals surface area contributed by atoms with E-state index in [-0.39, 0.29) is 42.5 Å². The van der Waals surface area contributed by atoms with Gasteiger partial charge in [-0.15, -0.1) is 0 Å². The van der Waals surface area contributed by atoms with Crippen molar-refractivity contribution in [3.05, 3.63) is 91.4 Å². The van der Waals surface area contributed by atoms with Crippen molar-refractivity contribution in [3.63, 3.8) is 0 Å². The van der Waals surface area contributed by atoms with Crippen LogP contribution in [0.1, 0.15) is 16.7 Å². The van der Waals surface area contributed by atoms with Crippen LogP contribution in [0.5, 0.6) is 11.5 Å². The largest absolute Gasteiger partial charge is 0.508 e. The molecule has 3 aromatic carbocycles. The normalized spacial score (nSPS) is 13.8. The third-order valence-corrected chi connectivity index (χ3v) is 7.08. The van der Waals surface area contributed by atoms with Crippen molar-refractivity contribution >= 4 is 56.5 Å². The van der Waals surface area contributed by atoms with Crippen molar-refractivity contribution in [2.45, 2.75) is 4.75 Å². The van der Waals surface area contributed by atoms with E-state index in [1.54, 1.807) is 6.07 Å². The summed E-state index contributed by atoms with van der Waals surface area (Å²) < 4.78 is 34.1. The van der Waals surface area contributed by atoms with E-state index < -0.39 is 20.6 Å². The van der Waals surface area contributed by atoms with Gasteiger partial charge >= 0.3 is 0 Å². The molecule has 0 amide bonds. The minimum Gasteiger partial charge on any atom is -0.508 e. The molecule has 10 heteroatoms. The first-order valence-corrected chi connectivity index (χ1v) is 10.8. The summed E-state index contributed by atoms with van der Waals surface area (Å²) in [5.74, 6) is -0.775. The monoisotopic (exact) mass is 492 g/mol. The summed E-state index contributed by atoms with van der Waals surface area (Å²) in [5, 5.41) is 19.3. The maximum atomic E-state index is 13.0. The number of hydrogen-bond donors (Lipinski definition) is 3. The van der Waals surface area contributed by atoms with Crippen LogP contribution in [0, 0.1) is 0 Å². The molecule has 0 aliphatic rings. The zero-order valence-electron chi connectivity index (χ0n) is 14.3. The molecule has 0 bridgehead atoms. The van der Waals surface area contributed by atoms with Crippen LogP contribution in [0.25, 0.3) is 0 Å². The predicted molar refractivity (Wildman–Crippen MR) is 114 cm³/mol. The van der Waals surface area contributed by atoms with Crippen molar-refractivity contribution in [2.24, 2.45) is 0 Å². The SMILES string of the molecule is O=S(=O)(O)C(c1cc(Cl)c(O)c(Cl)c1)(c1ccccc1Cl)c1cc(O)ccc1Cl. The molecule has 29 heavy (non-hydrogen) atoms. The molecule has 5 nitrogen and oxygen atoms in total. The summed E-state index contributed by atoms with van der Waals surface area (Å²) in [4.78, 5) is 0. The van der Waals surface area contributed by atoms with Gasteiger partial charge in [-0.25, -0.2) is 0 Å². The molecule has 0 heterocycles. The molecule has 0 fully saturated rings. The van der Waals surface area contributed by atoms with Crippen molar-refractivity contribution in [1.82, 2.24) is 0 Å². The quantitative estimate of drug-likeness (QED) is 0.311. The van der Waals surface area contributed by atoms with Crippen LogP contribution in [0.2, 0.25) is 20.1 Å². The molecule has 0 spiro atoms. The molecule has 0 saturated heterocycles. The third kappa shape index (κ3) is 3.65. The number of aromatic hydroxyl groups is 2. The first-order chi connectivity index (χ1) is 13.5. The summed E-state index contributed by atoms with van der Waals surface area (Å²) in [7, 11) is -5.07. The van der Waals surface area contributed by atoms with Crippen LogP contribution in [0.4, 0.5) is 0 Å². The predicted octanol–water partition coefficient (Wildman–Crippen LogP) is 5.89. The van der Waals surface area contributed by atoms with Gasteiger partial charge in [0, 0.05) is 21.2 Å². The number of halogens is 4. The molecule has 3 aromatic rings. The van der Waals surface area contributed by atoms with Gasteiger partial charge in [0.1, 0.15) is 5.75 Å². The maximum Gasteiger partial charge on any atom is 0.283 e. The molecule has 3 N–H and O–H groups in total. The Morgan fingerprint density at radius 2 is 1.28 bits per heavy atom. The highest BCUT2D eigenvalue weighted by Crippen LogP contribution is 2.51. The van der Waals surface area contributed by atoms with Crippen LogP contribution >= 0.6 is 46.4 Å². The first kappa shape index (κ1) is 22.0. The van der Waals surface area contributed by atoms with E-state index in [1.165, 1.54) is 30.3 Å². The van der Waals surface area contributed by atoms with Crippen LogP contribution in [0.15, 0.2) is 54.6 Å². The summed E-state index contributed by atoms with van der Waals surface area (Å²) >= 11 is 24.7. The lowest BCUT2D eigenvalue weighted by Gasteiger charge is -2.34. The van der Waals surface area contributed by atoms with Crippen molar-refractivity contribution in [3.8, 4) is 11.5 Å². The van der Waals surface area contributed by atoms with Gasteiger partial charge in [0.05, 0.1) is 10.0 Å². The highest BCUT2D eigenvalue weighted by atomic mass is 35.5.